The molecule has 1 aromatic carbocycles. The molecule has 1 atom stereocenters. The molecule has 2 aromatic rings. The number of H-pyrrole nitrogens is 1. The van der Waals surface area contributed by atoms with E-state index >= 15 is 0 Å². The lowest BCUT2D eigenvalue weighted by Gasteiger charge is -2.07. The Morgan fingerprint density at radius 2 is 2.21 bits per heavy atom. The van der Waals surface area contributed by atoms with E-state index in [-0.39, 0.29) is 25.3 Å². The minimum Gasteiger partial charge on any atom is -0.497 e. The second-order valence-electron chi connectivity index (χ2n) is 5.40. The molecule has 1 fully saturated rings. The molecular weight excluding hydrogens is 314 g/mol. The summed E-state index contributed by atoms with van der Waals surface area (Å²) < 4.78 is 5.15. The third-order valence-electron chi connectivity index (χ3n) is 3.71. The van der Waals surface area contributed by atoms with Gasteiger partial charge in [0.05, 0.1) is 24.7 Å². The van der Waals surface area contributed by atoms with E-state index in [0.29, 0.717) is 5.82 Å². The molecule has 0 radical (unpaired) electrons. The molecule has 4 amide bonds. The lowest BCUT2D eigenvalue weighted by molar-refractivity contribution is -0.122. The maximum Gasteiger partial charge on any atom is 0.322 e. The summed E-state index contributed by atoms with van der Waals surface area (Å²) in [6.07, 6.45) is 0.382. The highest BCUT2D eigenvalue weighted by Gasteiger charge is 2.29. The lowest BCUT2D eigenvalue weighted by atomic mass is 10.1. The van der Waals surface area contributed by atoms with E-state index in [1.165, 1.54) is 0 Å². The summed E-state index contributed by atoms with van der Waals surface area (Å²) in [7, 11) is 1.59. The van der Waals surface area contributed by atoms with E-state index < -0.39 is 18.0 Å². The second kappa shape index (κ2) is 6.57. The number of rotatable bonds is 6. The maximum absolute atomic E-state index is 11.9. The van der Waals surface area contributed by atoms with Crippen molar-refractivity contribution in [2.24, 2.45) is 0 Å². The maximum atomic E-state index is 11.9. The first-order valence-electron chi connectivity index (χ1n) is 7.46. The van der Waals surface area contributed by atoms with Crippen LogP contribution in [0.15, 0.2) is 18.2 Å². The normalized spacial score (nSPS) is 16.8. The summed E-state index contributed by atoms with van der Waals surface area (Å²) in [5.74, 6) is 0.721. The smallest absolute Gasteiger partial charge is 0.322 e. The molecule has 0 unspecified atom stereocenters. The van der Waals surface area contributed by atoms with Crippen molar-refractivity contribution in [1.29, 1.82) is 0 Å². The SMILES string of the molecule is COc1ccc2nc(CNC(=O)CC[C@@H]3NC(=O)NC3=O)[nH]c2c1. The highest BCUT2D eigenvalue weighted by Crippen LogP contribution is 2.18. The molecule has 2 heterocycles. The van der Waals surface area contributed by atoms with Crippen molar-refractivity contribution in [3.05, 3.63) is 24.0 Å². The molecule has 3 rings (SSSR count). The van der Waals surface area contributed by atoms with Crippen LogP contribution in [0.25, 0.3) is 11.0 Å². The molecule has 1 aromatic heterocycles. The molecule has 4 N–H and O–H groups in total. The zero-order valence-electron chi connectivity index (χ0n) is 13.0. The number of carbonyl (C=O) groups excluding carboxylic acids is 3. The largest absolute Gasteiger partial charge is 0.497 e. The lowest BCUT2D eigenvalue weighted by Crippen LogP contribution is -2.31. The van der Waals surface area contributed by atoms with Crippen LogP contribution in [0, 0.1) is 0 Å². The van der Waals surface area contributed by atoms with Gasteiger partial charge in [-0.05, 0) is 18.6 Å². The van der Waals surface area contributed by atoms with Gasteiger partial charge in [0.2, 0.25) is 5.91 Å². The molecule has 0 aliphatic carbocycles. The van der Waals surface area contributed by atoms with Crippen LogP contribution in [0.1, 0.15) is 18.7 Å². The number of aromatic nitrogens is 2. The summed E-state index contributed by atoms with van der Waals surface area (Å²) in [4.78, 5) is 41.7. The highest BCUT2D eigenvalue weighted by atomic mass is 16.5. The molecule has 9 heteroatoms. The number of hydrogen-bond acceptors (Lipinski definition) is 5. The van der Waals surface area contributed by atoms with Crippen molar-refractivity contribution >= 4 is 28.9 Å². The Hall–Kier alpha value is -3.10. The number of methoxy groups -OCH3 is 1. The first-order chi connectivity index (χ1) is 11.5. The Morgan fingerprint density at radius 1 is 1.38 bits per heavy atom. The Kier molecular flexibility index (Phi) is 4.32. The molecule has 126 valence electrons. The molecule has 1 saturated heterocycles. The van der Waals surface area contributed by atoms with Gasteiger partial charge in [0.25, 0.3) is 5.91 Å². The van der Waals surface area contributed by atoms with E-state index in [1.807, 2.05) is 18.2 Å². The number of fused-ring (bicyclic) bond motifs is 1. The van der Waals surface area contributed by atoms with Crippen molar-refractivity contribution in [3.8, 4) is 5.75 Å². The molecule has 0 spiro atoms. The summed E-state index contributed by atoms with van der Waals surface area (Å²) in [6, 6.07) is 4.30. The van der Waals surface area contributed by atoms with Gasteiger partial charge in [-0.2, -0.15) is 0 Å². The Bertz CT molecular complexity index is 800. The third-order valence-corrected chi connectivity index (χ3v) is 3.71. The molecule has 1 aliphatic rings. The molecular formula is C15H17N5O4. The van der Waals surface area contributed by atoms with Gasteiger partial charge in [0, 0.05) is 12.5 Å². The van der Waals surface area contributed by atoms with E-state index in [0.717, 1.165) is 16.8 Å². The van der Waals surface area contributed by atoms with Crippen LogP contribution >= 0.6 is 0 Å². The number of imidazole rings is 1. The Morgan fingerprint density at radius 3 is 2.92 bits per heavy atom. The van der Waals surface area contributed by atoms with E-state index in [9.17, 15) is 14.4 Å². The minimum atomic E-state index is -0.651. The van der Waals surface area contributed by atoms with Gasteiger partial charge in [0.15, 0.2) is 0 Å². The molecule has 0 bridgehead atoms. The molecule has 1 aliphatic heterocycles. The first-order valence-corrected chi connectivity index (χ1v) is 7.46. The van der Waals surface area contributed by atoms with Crippen LogP contribution in [0.3, 0.4) is 0 Å². The Labute approximate surface area is 137 Å². The van der Waals surface area contributed by atoms with Crippen molar-refractivity contribution in [2.45, 2.75) is 25.4 Å². The van der Waals surface area contributed by atoms with Crippen LogP contribution in [0.5, 0.6) is 5.75 Å². The quantitative estimate of drug-likeness (QED) is 0.562. The van der Waals surface area contributed by atoms with Gasteiger partial charge in [-0.25, -0.2) is 9.78 Å². The van der Waals surface area contributed by atoms with Crippen molar-refractivity contribution < 1.29 is 19.1 Å². The van der Waals surface area contributed by atoms with Gasteiger partial charge in [-0.15, -0.1) is 0 Å². The summed E-state index contributed by atoms with van der Waals surface area (Å²) in [5, 5.41) is 7.31. The number of hydrogen-bond donors (Lipinski definition) is 4. The van der Waals surface area contributed by atoms with Crippen molar-refractivity contribution in [2.75, 3.05) is 7.11 Å². The number of imide groups is 1. The van der Waals surface area contributed by atoms with Gasteiger partial charge < -0.3 is 20.4 Å². The topological polar surface area (TPSA) is 125 Å². The molecule has 0 saturated carbocycles. The van der Waals surface area contributed by atoms with Gasteiger partial charge in [-0.3, -0.25) is 14.9 Å². The summed E-state index contributed by atoms with van der Waals surface area (Å²) in [5.41, 5.74) is 1.61. The number of aromatic amines is 1. The predicted molar refractivity (Wildman–Crippen MR) is 84.2 cm³/mol. The number of nitrogens with one attached hydrogen (secondary N) is 4. The Balaban J connectivity index is 1.51. The number of urea groups is 1. The van der Waals surface area contributed by atoms with Crippen LogP contribution in [-0.2, 0) is 16.1 Å². The van der Waals surface area contributed by atoms with Crippen LogP contribution in [-0.4, -0.2) is 41.0 Å². The first kappa shape index (κ1) is 15.8. The number of carbonyl (C=O) groups is 3. The summed E-state index contributed by atoms with van der Waals surface area (Å²) >= 11 is 0. The zero-order valence-corrected chi connectivity index (χ0v) is 13.0. The van der Waals surface area contributed by atoms with Gasteiger partial charge >= 0.3 is 6.03 Å². The fourth-order valence-corrected chi connectivity index (χ4v) is 2.46. The van der Waals surface area contributed by atoms with Crippen LogP contribution in [0.4, 0.5) is 4.79 Å². The number of nitrogens with zero attached hydrogens (tertiary/aromatic N) is 1. The van der Waals surface area contributed by atoms with Gasteiger partial charge in [0.1, 0.15) is 17.6 Å². The zero-order chi connectivity index (χ0) is 17.1. The summed E-state index contributed by atoms with van der Waals surface area (Å²) in [6.45, 7) is 0.249. The number of amides is 4. The molecule has 9 nitrogen and oxygen atoms in total. The third kappa shape index (κ3) is 3.45. The molecule has 24 heavy (non-hydrogen) atoms. The van der Waals surface area contributed by atoms with Crippen molar-refractivity contribution in [3.63, 3.8) is 0 Å². The van der Waals surface area contributed by atoms with Crippen LogP contribution in [0.2, 0.25) is 0 Å². The monoisotopic (exact) mass is 331 g/mol. The number of ether oxygens (including phenoxy) is 1. The standard InChI is InChI=1S/C15H17N5O4/c1-24-8-2-3-9-11(6-8)18-12(17-9)7-16-13(21)5-4-10-14(22)20-15(23)19-10/h2-3,6,10H,4-5,7H2,1H3,(H,16,21)(H,17,18)(H2,19,20,22,23)/t10-/m0/s1. The van der Waals surface area contributed by atoms with E-state index in [4.69, 9.17) is 4.74 Å². The fraction of sp³-hybridized carbons (Fsp3) is 0.333. The average Bonchev–Trinajstić information content (AvgIpc) is 3.12. The minimum absolute atomic E-state index is 0.131. The second-order valence-corrected chi connectivity index (χ2v) is 5.40. The van der Waals surface area contributed by atoms with E-state index in [2.05, 4.69) is 25.9 Å². The fourth-order valence-electron chi connectivity index (χ4n) is 2.46. The number of benzene rings is 1. The van der Waals surface area contributed by atoms with E-state index in [1.54, 1.807) is 7.11 Å². The average molecular weight is 331 g/mol. The van der Waals surface area contributed by atoms with Crippen molar-refractivity contribution in [1.82, 2.24) is 25.9 Å². The van der Waals surface area contributed by atoms with Crippen LogP contribution < -0.4 is 20.7 Å². The predicted octanol–water partition coefficient (Wildman–Crippen LogP) is 0.176. The van der Waals surface area contributed by atoms with Gasteiger partial charge in [-0.1, -0.05) is 0 Å². The highest BCUT2D eigenvalue weighted by molar-refractivity contribution is 6.04.